The molecule has 13 heavy (non-hydrogen) atoms. The first-order valence-corrected chi connectivity index (χ1v) is 4.50. The standard InChI is InChI=1S/C9H17NO3/c1-9(2,8(11)12-3)10-7-4-5-13-6-7/h7,10H,4-6H2,1-3H3. The van der Waals surface area contributed by atoms with Gasteiger partial charge in [-0.3, -0.25) is 10.1 Å². The van der Waals surface area contributed by atoms with Crippen molar-refractivity contribution in [2.24, 2.45) is 0 Å². The zero-order valence-electron chi connectivity index (χ0n) is 8.42. The maximum Gasteiger partial charge on any atom is 0.325 e. The van der Waals surface area contributed by atoms with Crippen LogP contribution in [0.15, 0.2) is 0 Å². The Balaban J connectivity index is 2.44. The van der Waals surface area contributed by atoms with Gasteiger partial charge in [-0.05, 0) is 20.3 Å². The van der Waals surface area contributed by atoms with Gasteiger partial charge in [0.25, 0.3) is 0 Å². The lowest BCUT2D eigenvalue weighted by Gasteiger charge is -2.26. The van der Waals surface area contributed by atoms with E-state index >= 15 is 0 Å². The van der Waals surface area contributed by atoms with Gasteiger partial charge in [-0.15, -0.1) is 0 Å². The molecule has 1 unspecified atom stereocenters. The third-order valence-electron chi connectivity index (χ3n) is 2.19. The number of hydrogen-bond donors (Lipinski definition) is 1. The molecular weight excluding hydrogens is 170 g/mol. The van der Waals surface area contributed by atoms with Crippen LogP contribution in [0.25, 0.3) is 0 Å². The van der Waals surface area contributed by atoms with Gasteiger partial charge in [0.1, 0.15) is 5.54 Å². The lowest BCUT2D eigenvalue weighted by Crippen LogP contribution is -2.52. The second-order valence-corrected chi connectivity index (χ2v) is 3.82. The predicted molar refractivity (Wildman–Crippen MR) is 48.5 cm³/mol. The van der Waals surface area contributed by atoms with Crippen LogP contribution in [0.4, 0.5) is 0 Å². The summed E-state index contributed by atoms with van der Waals surface area (Å²) in [6.45, 7) is 5.09. The average Bonchev–Trinajstić information content (AvgIpc) is 2.54. The highest BCUT2D eigenvalue weighted by atomic mass is 16.5. The van der Waals surface area contributed by atoms with Crippen LogP contribution >= 0.6 is 0 Å². The molecule has 0 aromatic carbocycles. The number of nitrogens with one attached hydrogen (secondary N) is 1. The van der Waals surface area contributed by atoms with Gasteiger partial charge >= 0.3 is 5.97 Å². The van der Waals surface area contributed by atoms with E-state index in [9.17, 15) is 4.79 Å². The molecule has 1 fully saturated rings. The van der Waals surface area contributed by atoms with Gasteiger partial charge in [-0.25, -0.2) is 0 Å². The Kier molecular flexibility index (Phi) is 3.27. The SMILES string of the molecule is COC(=O)C(C)(C)NC1CCOC1. The van der Waals surface area contributed by atoms with Crippen LogP contribution in [0.1, 0.15) is 20.3 Å². The third kappa shape index (κ3) is 2.67. The molecule has 0 aromatic rings. The van der Waals surface area contributed by atoms with Crippen molar-refractivity contribution in [3.63, 3.8) is 0 Å². The lowest BCUT2D eigenvalue weighted by atomic mass is 10.0. The molecule has 0 saturated carbocycles. The average molecular weight is 187 g/mol. The van der Waals surface area contributed by atoms with Crippen molar-refractivity contribution < 1.29 is 14.3 Å². The Morgan fingerprint density at radius 2 is 2.31 bits per heavy atom. The number of carbonyl (C=O) groups excluding carboxylic acids is 1. The normalized spacial score (nSPS) is 23.2. The number of esters is 1. The molecular formula is C9H17NO3. The minimum Gasteiger partial charge on any atom is -0.468 e. The first-order chi connectivity index (χ1) is 6.06. The summed E-state index contributed by atoms with van der Waals surface area (Å²) in [6.07, 6.45) is 0.959. The molecule has 76 valence electrons. The van der Waals surface area contributed by atoms with Gasteiger partial charge in [0.05, 0.1) is 13.7 Å². The quantitative estimate of drug-likeness (QED) is 0.646. The van der Waals surface area contributed by atoms with E-state index in [1.165, 1.54) is 7.11 Å². The van der Waals surface area contributed by atoms with Crippen molar-refractivity contribution in [2.45, 2.75) is 31.8 Å². The van der Waals surface area contributed by atoms with E-state index in [0.29, 0.717) is 6.61 Å². The van der Waals surface area contributed by atoms with E-state index in [1.54, 1.807) is 0 Å². The first kappa shape index (κ1) is 10.5. The zero-order chi connectivity index (χ0) is 9.90. The van der Waals surface area contributed by atoms with Gasteiger partial charge in [-0.2, -0.15) is 0 Å². The van der Waals surface area contributed by atoms with E-state index in [1.807, 2.05) is 13.8 Å². The largest absolute Gasteiger partial charge is 0.468 e. The van der Waals surface area contributed by atoms with E-state index in [4.69, 9.17) is 4.74 Å². The summed E-state index contributed by atoms with van der Waals surface area (Å²) in [4.78, 5) is 11.3. The van der Waals surface area contributed by atoms with E-state index < -0.39 is 5.54 Å². The number of hydrogen-bond acceptors (Lipinski definition) is 4. The van der Waals surface area contributed by atoms with Crippen LogP contribution in [0.2, 0.25) is 0 Å². The molecule has 1 atom stereocenters. The number of methoxy groups -OCH3 is 1. The van der Waals surface area contributed by atoms with Gasteiger partial charge < -0.3 is 9.47 Å². The maximum atomic E-state index is 11.3. The second-order valence-electron chi connectivity index (χ2n) is 3.82. The Labute approximate surface area is 78.6 Å². The summed E-state index contributed by atoms with van der Waals surface area (Å²) in [6, 6.07) is 0.272. The van der Waals surface area contributed by atoms with Crippen LogP contribution in [0.3, 0.4) is 0 Å². The Hall–Kier alpha value is -0.610. The van der Waals surface area contributed by atoms with E-state index in [2.05, 4.69) is 10.1 Å². The van der Waals surface area contributed by atoms with Crippen LogP contribution < -0.4 is 5.32 Å². The van der Waals surface area contributed by atoms with Gasteiger partial charge in [0.2, 0.25) is 0 Å². The second kappa shape index (κ2) is 4.07. The number of carbonyl (C=O) groups is 1. The Bertz CT molecular complexity index is 185. The molecule has 1 rings (SSSR count). The van der Waals surface area contributed by atoms with Crippen molar-refractivity contribution in [3.8, 4) is 0 Å². The molecule has 1 heterocycles. The Morgan fingerprint density at radius 3 is 2.77 bits per heavy atom. The molecule has 0 spiro atoms. The zero-order valence-corrected chi connectivity index (χ0v) is 8.42. The smallest absolute Gasteiger partial charge is 0.325 e. The minimum atomic E-state index is -0.618. The number of rotatable bonds is 3. The predicted octanol–water partition coefficient (Wildman–Crippen LogP) is 0.316. The summed E-state index contributed by atoms with van der Waals surface area (Å²) < 4.78 is 9.88. The summed E-state index contributed by atoms with van der Waals surface area (Å²) in [5.74, 6) is -0.237. The molecule has 0 aliphatic carbocycles. The fourth-order valence-corrected chi connectivity index (χ4v) is 1.47. The van der Waals surface area contributed by atoms with Crippen LogP contribution in [0.5, 0.6) is 0 Å². The minimum absolute atomic E-state index is 0.237. The highest BCUT2D eigenvalue weighted by Crippen LogP contribution is 2.11. The van der Waals surface area contributed by atoms with Crippen LogP contribution in [0, 0.1) is 0 Å². The molecule has 0 radical (unpaired) electrons. The Morgan fingerprint density at radius 1 is 1.62 bits per heavy atom. The van der Waals surface area contributed by atoms with Crippen molar-refractivity contribution in [3.05, 3.63) is 0 Å². The maximum absolute atomic E-state index is 11.3. The molecule has 1 aliphatic rings. The van der Waals surface area contributed by atoms with Crippen molar-refractivity contribution in [1.82, 2.24) is 5.32 Å². The lowest BCUT2D eigenvalue weighted by molar-refractivity contribution is -0.147. The molecule has 1 N–H and O–H groups in total. The van der Waals surface area contributed by atoms with Gasteiger partial charge in [0, 0.05) is 12.6 Å². The molecule has 4 nitrogen and oxygen atoms in total. The fourth-order valence-electron chi connectivity index (χ4n) is 1.47. The van der Waals surface area contributed by atoms with Crippen molar-refractivity contribution >= 4 is 5.97 Å². The molecule has 4 heteroatoms. The van der Waals surface area contributed by atoms with Crippen molar-refractivity contribution in [1.29, 1.82) is 0 Å². The molecule has 0 amide bonds. The van der Waals surface area contributed by atoms with E-state index in [0.717, 1.165) is 13.0 Å². The summed E-state index contributed by atoms with van der Waals surface area (Å²) in [5, 5.41) is 3.21. The highest BCUT2D eigenvalue weighted by molar-refractivity contribution is 5.79. The molecule has 0 bridgehead atoms. The topological polar surface area (TPSA) is 47.6 Å². The fraction of sp³-hybridized carbons (Fsp3) is 0.889. The first-order valence-electron chi connectivity index (χ1n) is 4.50. The number of ether oxygens (including phenoxy) is 2. The summed E-state index contributed by atoms with van der Waals surface area (Å²) in [5.41, 5.74) is -0.618. The third-order valence-corrected chi connectivity index (χ3v) is 2.19. The summed E-state index contributed by atoms with van der Waals surface area (Å²) >= 11 is 0. The van der Waals surface area contributed by atoms with E-state index in [-0.39, 0.29) is 12.0 Å². The van der Waals surface area contributed by atoms with Crippen LogP contribution in [-0.2, 0) is 14.3 Å². The summed E-state index contributed by atoms with van der Waals surface area (Å²) in [7, 11) is 1.40. The van der Waals surface area contributed by atoms with Crippen LogP contribution in [-0.4, -0.2) is 37.9 Å². The molecule has 1 aliphatic heterocycles. The van der Waals surface area contributed by atoms with Gasteiger partial charge in [0.15, 0.2) is 0 Å². The van der Waals surface area contributed by atoms with Gasteiger partial charge in [-0.1, -0.05) is 0 Å². The molecule has 0 aromatic heterocycles. The molecule has 1 saturated heterocycles. The monoisotopic (exact) mass is 187 g/mol. The highest BCUT2D eigenvalue weighted by Gasteiger charge is 2.32. The van der Waals surface area contributed by atoms with Crippen molar-refractivity contribution in [2.75, 3.05) is 20.3 Å².